The summed E-state index contributed by atoms with van der Waals surface area (Å²) in [5, 5.41) is 5.01. The summed E-state index contributed by atoms with van der Waals surface area (Å²) in [5.74, 6) is 0. The van der Waals surface area contributed by atoms with Gasteiger partial charge in [-0.3, -0.25) is 0 Å². The van der Waals surface area contributed by atoms with Crippen molar-refractivity contribution in [2.24, 2.45) is 5.41 Å². The van der Waals surface area contributed by atoms with E-state index in [4.69, 9.17) is 23.2 Å². The second kappa shape index (κ2) is 6.08. The molecule has 17 heavy (non-hydrogen) atoms. The van der Waals surface area contributed by atoms with Gasteiger partial charge < -0.3 is 5.32 Å². The van der Waals surface area contributed by atoms with E-state index in [2.05, 4.69) is 33.0 Å². The average molecular weight is 274 g/mol. The van der Waals surface area contributed by atoms with Gasteiger partial charge in [0.05, 0.1) is 0 Å². The quantitative estimate of drug-likeness (QED) is 0.789. The molecule has 3 heteroatoms. The van der Waals surface area contributed by atoms with E-state index < -0.39 is 0 Å². The predicted octanol–water partition coefficient (Wildman–Crippen LogP) is 5.08. The van der Waals surface area contributed by atoms with E-state index in [1.807, 2.05) is 18.2 Å². The number of halogens is 2. The first-order valence-corrected chi connectivity index (χ1v) is 6.79. The highest BCUT2D eigenvalue weighted by Crippen LogP contribution is 2.27. The number of hydrogen-bond acceptors (Lipinski definition) is 1. The van der Waals surface area contributed by atoms with Gasteiger partial charge in [-0.25, -0.2) is 0 Å². The topological polar surface area (TPSA) is 12.0 Å². The van der Waals surface area contributed by atoms with Crippen molar-refractivity contribution in [2.75, 3.05) is 6.54 Å². The fourth-order valence-electron chi connectivity index (χ4n) is 1.51. The number of rotatable bonds is 5. The Balaban J connectivity index is 2.70. The van der Waals surface area contributed by atoms with Crippen molar-refractivity contribution in [1.29, 1.82) is 0 Å². The first-order valence-electron chi connectivity index (χ1n) is 6.04. The van der Waals surface area contributed by atoms with Crippen LogP contribution in [-0.4, -0.2) is 6.54 Å². The molecule has 0 aliphatic carbocycles. The maximum atomic E-state index is 6.18. The molecule has 0 fully saturated rings. The molecule has 0 aliphatic heterocycles. The summed E-state index contributed by atoms with van der Waals surface area (Å²) in [7, 11) is 0. The van der Waals surface area contributed by atoms with Crippen LogP contribution in [0.1, 0.15) is 45.7 Å². The molecule has 0 bridgehead atoms. The van der Waals surface area contributed by atoms with Crippen LogP contribution in [0.15, 0.2) is 18.2 Å². The summed E-state index contributed by atoms with van der Waals surface area (Å²) in [6.07, 6.45) is 1.15. The third kappa shape index (κ3) is 4.50. The Labute approximate surface area is 115 Å². The van der Waals surface area contributed by atoms with Crippen LogP contribution in [0.4, 0.5) is 0 Å². The predicted molar refractivity (Wildman–Crippen MR) is 77.0 cm³/mol. The molecule has 0 heterocycles. The van der Waals surface area contributed by atoms with E-state index in [0.717, 1.165) is 28.6 Å². The molecule has 1 atom stereocenters. The minimum absolute atomic E-state index is 0.215. The smallest absolute Gasteiger partial charge is 0.0454 e. The first-order chi connectivity index (χ1) is 7.85. The summed E-state index contributed by atoms with van der Waals surface area (Å²) in [5.41, 5.74) is 1.37. The highest BCUT2D eigenvalue weighted by Gasteiger charge is 2.17. The SMILES string of the molecule is CCC(C)(C)CNC(C)c1cc(Cl)ccc1Cl. The lowest BCUT2D eigenvalue weighted by molar-refractivity contribution is 0.314. The molecular formula is C14H21Cl2N. The fourth-order valence-corrected chi connectivity index (χ4v) is 1.97. The van der Waals surface area contributed by atoms with Crippen LogP contribution in [0.3, 0.4) is 0 Å². The van der Waals surface area contributed by atoms with Crippen LogP contribution in [0.2, 0.25) is 10.0 Å². The van der Waals surface area contributed by atoms with Crippen LogP contribution in [-0.2, 0) is 0 Å². The lowest BCUT2D eigenvalue weighted by Gasteiger charge is -2.26. The molecule has 0 aromatic heterocycles. The molecule has 1 rings (SSSR count). The van der Waals surface area contributed by atoms with Crippen LogP contribution < -0.4 is 5.32 Å². The van der Waals surface area contributed by atoms with Crippen molar-refractivity contribution in [2.45, 2.75) is 40.2 Å². The fraction of sp³-hybridized carbons (Fsp3) is 0.571. The van der Waals surface area contributed by atoms with Crippen LogP contribution >= 0.6 is 23.2 Å². The number of hydrogen-bond donors (Lipinski definition) is 1. The maximum absolute atomic E-state index is 6.18. The van der Waals surface area contributed by atoms with Gasteiger partial charge in [0.25, 0.3) is 0 Å². The largest absolute Gasteiger partial charge is 0.310 e. The number of benzene rings is 1. The highest BCUT2D eigenvalue weighted by molar-refractivity contribution is 6.33. The zero-order valence-electron chi connectivity index (χ0n) is 11.0. The van der Waals surface area contributed by atoms with Crippen molar-refractivity contribution in [3.8, 4) is 0 Å². The Morgan fingerprint density at radius 1 is 1.29 bits per heavy atom. The highest BCUT2D eigenvalue weighted by atomic mass is 35.5. The van der Waals surface area contributed by atoms with Crippen molar-refractivity contribution < 1.29 is 0 Å². The van der Waals surface area contributed by atoms with Gasteiger partial charge in [-0.1, -0.05) is 44.0 Å². The van der Waals surface area contributed by atoms with Crippen molar-refractivity contribution >= 4 is 23.2 Å². The molecule has 1 aromatic carbocycles. The molecular weight excluding hydrogens is 253 g/mol. The molecule has 0 radical (unpaired) electrons. The van der Waals surface area contributed by atoms with Crippen molar-refractivity contribution in [1.82, 2.24) is 5.32 Å². The lowest BCUT2D eigenvalue weighted by Crippen LogP contribution is -2.30. The summed E-state index contributed by atoms with van der Waals surface area (Å²) in [6.45, 7) is 9.80. The van der Waals surface area contributed by atoms with E-state index in [-0.39, 0.29) is 6.04 Å². The average Bonchev–Trinajstić information content (AvgIpc) is 2.29. The van der Waals surface area contributed by atoms with Gasteiger partial charge in [0.15, 0.2) is 0 Å². The Kier molecular flexibility index (Phi) is 5.30. The number of nitrogens with one attached hydrogen (secondary N) is 1. The molecule has 96 valence electrons. The van der Waals surface area contributed by atoms with Gasteiger partial charge in [0.1, 0.15) is 0 Å². The third-order valence-electron chi connectivity index (χ3n) is 3.27. The maximum Gasteiger partial charge on any atom is 0.0454 e. The van der Waals surface area contributed by atoms with Gasteiger partial charge in [0.2, 0.25) is 0 Å². The standard InChI is InChI=1S/C14H21Cl2N/c1-5-14(3,4)9-17-10(2)12-8-11(15)6-7-13(12)16/h6-8,10,17H,5,9H2,1-4H3. The second-order valence-electron chi connectivity index (χ2n) is 5.29. The van der Waals surface area contributed by atoms with Gasteiger partial charge in [-0.05, 0) is 42.5 Å². The molecule has 0 aliphatic rings. The van der Waals surface area contributed by atoms with E-state index in [1.54, 1.807) is 0 Å². The molecule has 1 N–H and O–H groups in total. The van der Waals surface area contributed by atoms with E-state index >= 15 is 0 Å². The van der Waals surface area contributed by atoms with E-state index in [1.165, 1.54) is 0 Å². The molecule has 0 saturated heterocycles. The van der Waals surface area contributed by atoms with Crippen LogP contribution in [0, 0.1) is 5.41 Å². The van der Waals surface area contributed by atoms with Gasteiger partial charge in [-0.2, -0.15) is 0 Å². The Morgan fingerprint density at radius 2 is 1.94 bits per heavy atom. The van der Waals surface area contributed by atoms with Crippen LogP contribution in [0.25, 0.3) is 0 Å². The minimum atomic E-state index is 0.215. The Hall–Kier alpha value is -0.240. The molecule has 0 amide bonds. The monoisotopic (exact) mass is 273 g/mol. The lowest BCUT2D eigenvalue weighted by atomic mass is 9.90. The summed E-state index contributed by atoms with van der Waals surface area (Å²) in [4.78, 5) is 0. The van der Waals surface area contributed by atoms with Gasteiger partial charge in [-0.15, -0.1) is 0 Å². The van der Waals surface area contributed by atoms with E-state index in [9.17, 15) is 0 Å². The van der Waals surface area contributed by atoms with Gasteiger partial charge in [0, 0.05) is 22.6 Å². The second-order valence-corrected chi connectivity index (χ2v) is 6.13. The Bertz CT molecular complexity index is 374. The normalized spacial score (nSPS) is 13.8. The van der Waals surface area contributed by atoms with E-state index in [0.29, 0.717) is 5.41 Å². The zero-order chi connectivity index (χ0) is 13.1. The third-order valence-corrected chi connectivity index (χ3v) is 3.85. The summed E-state index contributed by atoms with van der Waals surface area (Å²) >= 11 is 12.2. The summed E-state index contributed by atoms with van der Waals surface area (Å²) in [6, 6.07) is 5.81. The van der Waals surface area contributed by atoms with Gasteiger partial charge >= 0.3 is 0 Å². The van der Waals surface area contributed by atoms with Crippen molar-refractivity contribution in [3.05, 3.63) is 33.8 Å². The first kappa shape index (κ1) is 14.8. The summed E-state index contributed by atoms with van der Waals surface area (Å²) < 4.78 is 0. The Morgan fingerprint density at radius 3 is 2.53 bits per heavy atom. The molecule has 1 unspecified atom stereocenters. The molecule has 0 saturated carbocycles. The molecule has 1 aromatic rings. The van der Waals surface area contributed by atoms with Crippen LogP contribution in [0.5, 0.6) is 0 Å². The van der Waals surface area contributed by atoms with Crippen molar-refractivity contribution in [3.63, 3.8) is 0 Å². The molecule has 1 nitrogen and oxygen atoms in total. The minimum Gasteiger partial charge on any atom is -0.310 e. The zero-order valence-corrected chi connectivity index (χ0v) is 12.5. The molecule has 0 spiro atoms.